The molecule has 0 saturated heterocycles. The molecule has 0 bridgehead atoms. The van der Waals surface area contributed by atoms with Crippen LogP contribution in [0.15, 0.2) is 29.4 Å². The van der Waals surface area contributed by atoms with Gasteiger partial charge in [0.05, 0.1) is 0 Å². The molecule has 1 rings (SSSR count). The van der Waals surface area contributed by atoms with Gasteiger partial charge >= 0.3 is 0 Å². The Labute approximate surface area is 81.5 Å². The normalized spacial score (nSPS) is 8.64. The van der Waals surface area contributed by atoms with Crippen molar-refractivity contribution in [1.82, 2.24) is 0 Å². The number of hydrogen-bond donors (Lipinski definition) is 1. The van der Waals surface area contributed by atoms with Crippen molar-refractivity contribution >= 4 is 5.69 Å². The lowest BCUT2D eigenvalue weighted by Gasteiger charge is -2.02. The number of aliphatic hydroxyl groups excluding tert-OH is 1. The number of hydrogen-bond acceptors (Lipinski definition) is 4. The van der Waals surface area contributed by atoms with Crippen molar-refractivity contribution in [2.45, 2.75) is 0 Å². The summed E-state index contributed by atoms with van der Waals surface area (Å²) in [6.07, 6.45) is 0. The molecule has 0 aliphatic heterocycles. The molecule has 0 spiro atoms. The highest BCUT2D eigenvalue weighted by molar-refractivity contribution is 5.51. The standard InChI is InChI=1S/C10H9NO3/c12-7-3-4-8-14-10-6-2-1-5-9(10)11-13/h1-2,5-6,12H,7-8H2. The summed E-state index contributed by atoms with van der Waals surface area (Å²) in [6.45, 7) is -0.0654. The van der Waals surface area contributed by atoms with E-state index in [-0.39, 0.29) is 18.9 Å². The zero-order chi connectivity index (χ0) is 10.2. The Morgan fingerprint density at radius 2 is 2.14 bits per heavy atom. The summed E-state index contributed by atoms with van der Waals surface area (Å²) in [4.78, 5) is 10.3. The molecule has 0 aliphatic rings. The number of aliphatic hydroxyl groups is 1. The van der Waals surface area contributed by atoms with Crippen molar-refractivity contribution in [3.8, 4) is 17.6 Å². The van der Waals surface area contributed by atoms with Gasteiger partial charge in [-0.3, -0.25) is 0 Å². The van der Waals surface area contributed by atoms with Gasteiger partial charge in [0.1, 0.15) is 24.7 Å². The Morgan fingerprint density at radius 1 is 1.36 bits per heavy atom. The van der Waals surface area contributed by atoms with E-state index in [0.29, 0.717) is 5.75 Å². The number of ether oxygens (including phenoxy) is 1. The number of para-hydroxylation sites is 1. The fourth-order valence-corrected chi connectivity index (χ4v) is 0.875. The highest BCUT2D eigenvalue weighted by Gasteiger charge is 2.00. The molecule has 0 radical (unpaired) electrons. The summed E-state index contributed by atoms with van der Waals surface area (Å²) in [6, 6.07) is 6.63. The second kappa shape index (κ2) is 5.73. The first-order valence-electron chi connectivity index (χ1n) is 4.00. The summed E-state index contributed by atoms with van der Waals surface area (Å²) >= 11 is 0. The van der Waals surface area contributed by atoms with E-state index in [1.165, 1.54) is 0 Å². The van der Waals surface area contributed by atoms with Crippen LogP contribution in [0.2, 0.25) is 0 Å². The van der Waals surface area contributed by atoms with E-state index in [0.717, 1.165) is 0 Å². The molecular weight excluding hydrogens is 182 g/mol. The lowest BCUT2D eigenvalue weighted by atomic mass is 10.3. The topological polar surface area (TPSA) is 58.9 Å². The molecule has 0 heterocycles. The Hall–Kier alpha value is -1.86. The van der Waals surface area contributed by atoms with E-state index in [4.69, 9.17) is 9.84 Å². The fourth-order valence-electron chi connectivity index (χ4n) is 0.875. The molecule has 72 valence electrons. The van der Waals surface area contributed by atoms with Crippen molar-refractivity contribution in [3.05, 3.63) is 29.2 Å². The van der Waals surface area contributed by atoms with Gasteiger partial charge in [-0.1, -0.05) is 24.0 Å². The molecule has 1 N–H and O–H groups in total. The second-order valence-corrected chi connectivity index (χ2v) is 2.36. The van der Waals surface area contributed by atoms with Crippen molar-refractivity contribution in [3.63, 3.8) is 0 Å². The van der Waals surface area contributed by atoms with Gasteiger partial charge in [-0.2, -0.15) is 0 Å². The zero-order valence-electron chi connectivity index (χ0n) is 7.43. The molecule has 1 aromatic carbocycles. The first-order chi connectivity index (χ1) is 6.88. The fraction of sp³-hybridized carbons (Fsp3) is 0.200. The summed E-state index contributed by atoms with van der Waals surface area (Å²) in [5.41, 5.74) is 0.248. The third kappa shape index (κ3) is 2.88. The van der Waals surface area contributed by atoms with Gasteiger partial charge in [0.15, 0.2) is 0 Å². The molecule has 0 aromatic heterocycles. The SMILES string of the molecule is O=Nc1ccccc1OCC#CCO. The third-order valence-corrected chi connectivity index (χ3v) is 1.47. The minimum absolute atomic E-state index is 0.132. The summed E-state index contributed by atoms with van der Waals surface area (Å²) in [5.74, 6) is 5.39. The molecule has 4 heteroatoms. The monoisotopic (exact) mass is 191 g/mol. The maximum Gasteiger partial charge on any atom is 0.149 e. The van der Waals surface area contributed by atoms with Crippen LogP contribution in [0.5, 0.6) is 5.75 Å². The molecule has 0 saturated carbocycles. The minimum atomic E-state index is -0.197. The highest BCUT2D eigenvalue weighted by atomic mass is 16.5. The van der Waals surface area contributed by atoms with Gasteiger partial charge in [-0.05, 0) is 17.3 Å². The van der Waals surface area contributed by atoms with Gasteiger partial charge < -0.3 is 9.84 Å². The third-order valence-electron chi connectivity index (χ3n) is 1.47. The van der Waals surface area contributed by atoms with Gasteiger partial charge in [0.25, 0.3) is 0 Å². The van der Waals surface area contributed by atoms with E-state index in [9.17, 15) is 4.91 Å². The molecule has 1 aromatic rings. The van der Waals surface area contributed by atoms with E-state index in [1.54, 1.807) is 24.3 Å². The maximum absolute atomic E-state index is 10.3. The van der Waals surface area contributed by atoms with Gasteiger partial charge in [-0.15, -0.1) is 4.91 Å². The van der Waals surface area contributed by atoms with Crippen molar-refractivity contribution in [2.24, 2.45) is 5.18 Å². The van der Waals surface area contributed by atoms with Crippen LogP contribution in [0, 0.1) is 16.7 Å². The zero-order valence-corrected chi connectivity index (χ0v) is 7.43. The van der Waals surface area contributed by atoms with Crippen LogP contribution in [0.25, 0.3) is 0 Å². The number of rotatable bonds is 3. The average Bonchev–Trinajstić information content (AvgIpc) is 2.25. The van der Waals surface area contributed by atoms with Crippen molar-refractivity contribution < 1.29 is 9.84 Å². The molecule has 0 amide bonds. The second-order valence-electron chi connectivity index (χ2n) is 2.36. The van der Waals surface area contributed by atoms with Crippen LogP contribution < -0.4 is 4.74 Å². The van der Waals surface area contributed by atoms with Crippen LogP contribution in [0.1, 0.15) is 0 Å². The molecule has 0 fully saturated rings. The smallest absolute Gasteiger partial charge is 0.149 e. The van der Waals surface area contributed by atoms with Crippen LogP contribution >= 0.6 is 0 Å². The molecule has 0 atom stereocenters. The van der Waals surface area contributed by atoms with E-state index < -0.39 is 0 Å². The molecule has 0 aliphatic carbocycles. The summed E-state index contributed by atoms with van der Waals surface area (Å²) < 4.78 is 5.15. The predicted molar refractivity (Wildman–Crippen MR) is 52.3 cm³/mol. The largest absolute Gasteiger partial charge is 0.479 e. The summed E-state index contributed by atoms with van der Waals surface area (Å²) in [7, 11) is 0. The Balaban J connectivity index is 2.62. The molecule has 14 heavy (non-hydrogen) atoms. The van der Waals surface area contributed by atoms with Crippen molar-refractivity contribution in [2.75, 3.05) is 13.2 Å². The number of nitroso groups, excluding NO2 is 1. The first-order valence-corrected chi connectivity index (χ1v) is 4.00. The van der Waals surface area contributed by atoms with Crippen molar-refractivity contribution in [1.29, 1.82) is 0 Å². The Morgan fingerprint density at radius 3 is 2.86 bits per heavy atom. The van der Waals surface area contributed by atoms with Crippen LogP contribution in [0.3, 0.4) is 0 Å². The van der Waals surface area contributed by atoms with Crippen LogP contribution in [0.4, 0.5) is 5.69 Å². The number of nitrogens with zero attached hydrogens (tertiary/aromatic N) is 1. The van der Waals surface area contributed by atoms with Gasteiger partial charge in [-0.25, -0.2) is 0 Å². The first kappa shape index (κ1) is 10.2. The summed E-state index contributed by atoms with van der Waals surface area (Å²) in [5, 5.41) is 11.2. The van der Waals surface area contributed by atoms with Crippen LogP contribution in [-0.2, 0) is 0 Å². The maximum atomic E-state index is 10.3. The van der Waals surface area contributed by atoms with E-state index in [1.807, 2.05) is 0 Å². The quantitative estimate of drug-likeness (QED) is 0.581. The van der Waals surface area contributed by atoms with E-state index in [2.05, 4.69) is 17.0 Å². The predicted octanol–water partition coefficient (Wildman–Crippen LogP) is 1.46. The van der Waals surface area contributed by atoms with Gasteiger partial charge in [0.2, 0.25) is 0 Å². The van der Waals surface area contributed by atoms with E-state index >= 15 is 0 Å². The number of benzene rings is 1. The lowest BCUT2D eigenvalue weighted by Crippen LogP contribution is -1.94. The molecule has 0 unspecified atom stereocenters. The molecular formula is C10H9NO3. The lowest BCUT2D eigenvalue weighted by molar-refractivity contribution is 0.348. The Bertz CT molecular complexity index is 365. The average molecular weight is 191 g/mol. The minimum Gasteiger partial charge on any atom is -0.479 e. The molecule has 4 nitrogen and oxygen atoms in total. The highest BCUT2D eigenvalue weighted by Crippen LogP contribution is 2.25. The van der Waals surface area contributed by atoms with Crippen LogP contribution in [-0.4, -0.2) is 18.3 Å². The van der Waals surface area contributed by atoms with Gasteiger partial charge in [0, 0.05) is 0 Å². The Kier molecular flexibility index (Phi) is 4.18.